The molecule has 7 nitrogen and oxygen atoms in total. The molecule has 138 valence electrons. The zero-order valence-electron chi connectivity index (χ0n) is 15.0. The van der Waals surface area contributed by atoms with E-state index in [0.29, 0.717) is 25.9 Å². The highest BCUT2D eigenvalue weighted by atomic mass is 16.5. The molecule has 0 aliphatic heterocycles. The lowest BCUT2D eigenvalue weighted by Gasteiger charge is -2.08. The van der Waals surface area contributed by atoms with Crippen LogP contribution >= 0.6 is 0 Å². The van der Waals surface area contributed by atoms with Crippen LogP contribution in [0.5, 0.6) is 0 Å². The first kappa shape index (κ1) is 19.4. The number of hydrogen-bond donors (Lipinski definition) is 1. The molecule has 1 aromatic carbocycles. The Labute approximate surface area is 152 Å². The molecular formula is C19H23N3O4. The van der Waals surface area contributed by atoms with Crippen molar-refractivity contribution in [1.29, 1.82) is 0 Å². The third-order valence-electron chi connectivity index (χ3n) is 3.82. The van der Waals surface area contributed by atoms with E-state index in [2.05, 4.69) is 10.4 Å². The van der Waals surface area contributed by atoms with Crippen LogP contribution in [0.25, 0.3) is 0 Å². The molecule has 0 saturated carbocycles. The van der Waals surface area contributed by atoms with Gasteiger partial charge in [-0.25, -0.2) is 9.48 Å². The fraction of sp³-hybridized carbons (Fsp3) is 0.368. The third kappa shape index (κ3) is 5.54. The number of amides is 1. The molecule has 0 fully saturated rings. The summed E-state index contributed by atoms with van der Waals surface area (Å²) < 4.78 is 6.17. The number of aryl methyl sites for hydroxylation is 2. The van der Waals surface area contributed by atoms with E-state index >= 15 is 0 Å². The summed E-state index contributed by atoms with van der Waals surface area (Å²) in [4.78, 5) is 35.4. The van der Waals surface area contributed by atoms with Gasteiger partial charge < -0.3 is 10.1 Å². The Bertz CT molecular complexity index is 830. The van der Waals surface area contributed by atoms with Gasteiger partial charge in [0.25, 0.3) is 11.5 Å². The average Bonchev–Trinajstić information content (AvgIpc) is 2.63. The average molecular weight is 357 g/mol. The fourth-order valence-corrected chi connectivity index (χ4v) is 2.41. The van der Waals surface area contributed by atoms with Gasteiger partial charge in [-0.2, -0.15) is 5.10 Å². The minimum atomic E-state index is -0.732. The fourth-order valence-electron chi connectivity index (χ4n) is 2.41. The zero-order chi connectivity index (χ0) is 18.9. The van der Waals surface area contributed by atoms with Crippen molar-refractivity contribution in [2.45, 2.75) is 33.2 Å². The monoisotopic (exact) mass is 357 g/mol. The first-order valence-corrected chi connectivity index (χ1v) is 8.57. The van der Waals surface area contributed by atoms with Crippen LogP contribution in [0.15, 0.2) is 41.2 Å². The molecule has 26 heavy (non-hydrogen) atoms. The normalized spacial score (nSPS) is 10.4. The molecule has 0 atom stereocenters. The Morgan fingerprint density at radius 2 is 1.96 bits per heavy atom. The number of ether oxygens (including phenoxy) is 1. The maximum Gasteiger partial charge on any atom is 0.359 e. The van der Waals surface area contributed by atoms with Gasteiger partial charge in [0.2, 0.25) is 0 Å². The number of carbonyl (C=O) groups is 2. The van der Waals surface area contributed by atoms with Crippen molar-refractivity contribution in [2.24, 2.45) is 0 Å². The summed E-state index contributed by atoms with van der Waals surface area (Å²) >= 11 is 0. The maximum absolute atomic E-state index is 12.0. The predicted molar refractivity (Wildman–Crippen MR) is 97.0 cm³/mol. The van der Waals surface area contributed by atoms with Crippen LogP contribution in [0.2, 0.25) is 0 Å². The molecule has 0 aliphatic rings. The third-order valence-corrected chi connectivity index (χ3v) is 3.82. The summed E-state index contributed by atoms with van der Waals surface area (Å²) in [6.07, 6.45) is 1.42. The highest BCUT2D eigenvalue weighted by Crippen LogP contribution is 2.06. The number of esters is 1. The van der Waals surface area contributed by atoms with Gasteiger partial charge in [0.1, 0.15) is 0 Å². The Hall–Kier alpha value is -2.96. The second kappa shape index (κ2) is 9.50. The topological polar surface area (TPSA) is 90.3 Å². The number of rotatable bonds is 8. The summed E-state index contributed by atoms with van der Waals surface area (Å²) in [7, 11) is 0. The largest absolute Gasteiger partial charge is 0.451 e. The molecule has 7 heteroatoms. The van der Waals surface area contributed by atoms with Crippen LogP contribution < -0.4 is 10.9 Å². The minimum Gasteiger partial charge on any atom is -0.451 e. The summed E-state index contributed by atoms with van der Waals surface area (Å²) in [6, 6.07) is 10.5. The molecule has 0 aliphatic carbocycles. The smallest absolute Gasteiger partial charge is 0.359 e. The van der Waals surface area contributed by atoms with Gasteiger partial charge >= 0.3 is 5.97 Å². The molecule has 0 bridgehead atoms. The second-order valence-corrected chi connectivity index (χ2v) is 5.88. The van der Waals surface area contributed by atoms with Crippen molar-refractivity contribution in [3.8, 4) is 0 Å². The Morgan fingerprint density at radius 1 is 1.19 bits per heavy atom. The Kier molecular flexibility index (Phi) is 7.08. The van der Waals surface area contributed by atoms with Crippen molar-refractivity contribution in [1.82, 2.24) is 15.1 Å². The first-order valence-electron chi connectivity index (χ1n) is 8.57. The number of hydrogen-bond acceptors (Lipinski definition) is 5. The highest BCUT2D eigenvalue weighted by molar-refractivity contribution is 5.89. The minimum absolute atomic E-state index is 0.00533. The number of carbonyl (C=O) groups excluding carboxylic acids is 2. The Morgan fingerprint density at radius 3 is 2.69 bits per heavy atom. The second-order valence-electron chi connectivity index (χ2n) is 5.88. The highest BCUT2D eigenvalue weighted by Gasteiger charge is 2.13. The van der Waals surface area contributed by atoms with E-state index in [4.69, 9.17) is 4.74 Å². The number of benzene rings is 1. The van der Waals surface area contributed by atoms with E-state index in [1.165, 1.54) is 22.4 Å². The lowest BCUT2D eigenvalue weighted by Crippen LogP contribution is -2.31. The summed E-state index contributed by atoms with van der Waals surface area (Å²) in [5.74, 6) is -1.11. The SMILES string of the molecule is CCCn1nc(C(=O)OCC(=O)NCCc2ccccc2C)ccc1=O. The van der Waals surface area contributed by atoms with E-state index < -0.39 is 5.97 Å². The van der Waals surface area contributed by atoms with Gasteiger partial charge in [-0.1, -0.05) is 31.2 Å². The molecule has 0 radical (unpaired) electrons. The molecule has 0 spiro atoms. The number of aromatic nitrogens is 2. The van der Waals surface area contributed by atoms with Crippen molar-refractivity contribution in [3.05, 3.63) is 63.6 Å². The predicted octanol–water partition coefficient (Wildman–Crippen LogP) is 1.48. The molecule has 1 amide bonds. The zero-order valence-corrected chi connectivity index (χ0v) is 15.0. The standard InChI is InChI=1S/C19H23N3O4/c1-3-12-22-18(24)9-8-16(21-22)19(25)26-13-17(23)20-11-10-15-7-5-4-6-14(15)2/h4-9H,3,10-13H2,1-2H3,(H,20,23). The maximum atomic E-state index is 12.0. The van der Waals surface area contributed by atoms with Gasteiger partial charge in [0.15, 0.2) is 12.3 Å². The summed E-state index contributed by atoms with van der Waals surface area (Å²) in [5.41, 5.74) is 2.05. The van der Waals surface area contributed by atoms with Crippen molar-refractivity contribution >= 4 is 11.9 Å². The van der Waals surface area contributed by atoms with Crippen LogP contribution in [0, 0.1) is 6.92 Å². The van der Waals surface area contributed by atoms with E-state index in [0.717, 1.165) is 5.56 Å². The van der Waals surface area contributed by atoms with Crippen LogP contribution in [-0.2, 0) is 22.5 Å². The van der Waals surface area contributed by atoms with Gasteiger partial charge in [0, 0.05) is 19.2 Å². The number of nitrogens with zero attached hydrogens (tertiary/aromatic N) is 2. The molecule has 1 N–H and O–H groups in total. The van der Waals surface area contributed by atoms with Crippen LogP contribution in [0.1, 0.15) is 35.0 Å². The lowest BCUT2D eigenvalue weighted by atomic mass is 10.1. The van der Waals surface area contributed by atoms with Gasteiger partial charge in [-0.15, -0.1) is 0 Å². The summed E-state index contributed by atoms with van der Waals surface area (Å²) in [6.45, 7) is 4.41. The summed E-state index contributed by atoms with van der Waals surface area (Å²) in [5, 5.41) is 6.66. The number of nitrogens with one attached hydrogen (secondary N) is 1. The van der Waals surface area contributed by atoms with Crippen molar-refractivity contribution < 1.29 is 14.3 Å². The molecule has 2 aromatic rings. The molecule has 1 heterocycles. The van der Waals surface area contributed by atoms with Gasteiger partial charge in [0.05, 0.1) is 0 Å². The van der Waals surface area contributed by atoms with E-state index in [1.807, 2.05) is 38.1 Å². The van der Waals surface area contributed by atoms with E-state index in [-0.39, 0.29) is 23.8 Å². The lowest BCUT2D eigenvalue weighted by molar-refractivity contribution is -0.124. The van der Waals surface area contributed by atoms with E-state index in [1.54, 1.807) is 0 Å². The van der Waals surface area contributed by atoms with Crippen molar-refractivity contribution in [3.63, 3.8) is 0 Å². The van der Waals surface area contributed by atoms with Crippen LogP contribution in [0.3, 0.4) is 0 Å². The van der Waals surface area contributed by atoms with Crippen LogP contribution in [0.4, 0.5) is 0 Å². The quantitative estimate of drug-likeness (QED) is 0.723. The molecule has 0 unspecified atom stereocenters. The van der Waals surface area contributed by atoms with Crippen molar-refractivity contribution in [2.75, 3.05) is 13.2 Å². The van der Waals surface area contributed by atoms with E-state index in [9.17, 15) is 14.4 Å². The Balaban J connectivity index is 1.80. The molecule has 1 aromatic heterocycles. The first-order chi connectivity index (χ1) is 12.5. The molecular weight excluding hydrogens is 334 g/mol. The molecule has 2 rings (SSSR count). The van der Waals surface area contributed by atoms with Gasteiger partial charge in [-0.3, -0.25) is 9.59 Å². The van der Waals surface area contributed by atoms with Gasteiger partial charge in [-0.05, 0) is 37.0 Å². The van der Waals surface area contributed by atoms with Crippen LogP contribution in [-0.4, -0.2) is 34.8 Å². The molecule has 0 saturated heterocycles.